The summed E-state index contributed by atoms with van der Waals surface area (Å²) in [6, 6.07) is 1.94. The molecule has 0 spiro atoms. The Hall–Kier alpha value is -6.09. The lowest BCUT2D eigenvalue weighted by atomic mass is 9.96. The lowest BCUT2D eigenvalue weighted by molar-refractivity contribution is -0.147. The van der Waals surface area contributed by atoms with Crippen molar-refractivity contribution < 1.29 is 67.5 Å². The minimum absolute atomic E-state index is 0.0498. The molecule has 0 aliphatic carbocycles. The fourth-order valence-corrected chi connectivity index (χ4v) is 7.01. The van der Waals surface area contributed by atoms with E-state index in [1.807, 2.05) is 13.8 Å². The van der Waals surface area contributed by atoms with E-state index < -0.39 is 95.8 Å². The van der Waals surface area contributed by atoms with E-state index in [0.717, 1.165) is 5.39 Å². The third kappa shape index (κ3) is 19.0. The molecule has 392 valence electrons. The van der Waals surface area contributed by atoms with Gasteiger partial charge in [-0.05, 0) is 68.6 Å². The molecule has 70 heavy (non-hydrogen) atoms. The molecule has 0 bridgehead atoms. The standard InChI is InChI=1S/C49H77N7O14/c1-13-28(7)40(44(61)53-38(26(3)4)48(65)67-11)55-46(63)42(30(9)57)51-35(59)17-15-23-69-33-21-19-32-20-22-37(50-34(32)25-33)70-24-16-18-36(60)52-43(31(10)58)47(64)56-41(29(8)14-2)45(62)54-39(27(5)6)49(66)68-12/h19-22,25-31,38-43,57-58H,13-18,23-24H2,1-12H3,(H,51,59)(H,52,60)(H,53,61)(H,54,62)(H,55,63)(H,56,64)/t28-,29-,30-,31-,38+,39+,40+,41+,42+,43+/m1/s1. The quantitative estimate of drug-likeness (QED) is 0.0410. The van der Waals surface area contributed by atoms with Gasteiger partial charge >= 0.3 is 11.9 Å². The zero-order valence-electron chi connectivity index (χ0n) is 42.7. The Kier molecular flexibility index (Phi) is 25.6. The molecule has 10 atom stereocenters. The zero-order chi connectivity index (χ0) is 52.8. The van der Waals surface area contributed by atoms with Gasteiger partial charge in [0.15, 0.2) is 0 Å². The van der Waals surface area contributed by atoms with E-state index in [1.165, 1.54) is 28.1 Å². The van der Waals surface area contributed by atoms with Crippen molar-refractivity contribution in [2.24, 2.45) is 23.7 Å². The Morgan fingerprint density at radius 1 is 0.529 bits per heavy atom. The van der Waals surface area contributed by atoms with Gasteiger partial charge in [-0.25, -0.2) is 14.6 Å². The van der Waals surface area contributed by atoms with Gasteiger partial charge < -0.3 is 61.1 Å². The molecule has 8 N–H and O–H groups in total. The molecule has 2 aromatic rings. The minimum atomic E-state index is -1.37. The predicted octanol–water partition coefficient (Wildman–Crippen LogP) is 1.97. The van der Waals surface area contributed by atoms with Crippen LogP contribution < -0.4 is 41.4 Å². The maximum atomic E-state index is 13.4. The summed E-state index contributed by atoms with van der Waals surface area (Å²) in [6.45, 7) is 17.0. The van der Waals surface area contributed by atoms with Gasteiger partial charge in [-0.2, -0.15) is 0 Å². The lowest BCUT2D eigenvalue weighted by Gasteiger charge is -2.29. The number of carbonyl (C=O) groups is 8. The third-order valence-corrected chi connectivity index (χ3v) is 11.8. The summed E-state index contributed by atoms with van der Waals surface area (Å²) >= 11 is 0. The van der Waals surface area contributed by atoms with Crippen LogP contribution in [0.25, 0.3) is 10.9 Å². The predicted molar refractivity (Wildman–Crippen MR) is 259 cm³/mol. The Balaban J connectivity index is 1.94. The number of nitrogens with zero attached hydrogens (tertiary/aromatic N) is 1. The Labute approximate surface area is 411 Å². The van der Waals surface area contributed by atoms with Crippen molar-refractivity contribution in [2.75, 3.05) is 27.4 Å². The fourth-order valence-electron chi connectivity index (χ4n) is 7.01. The summed E-state index contributed by atoms with van der Waals surface area (Å²) in [7, 11) is 2.43. The van der Waals surface area contributed by atoms with Crippen molar-refractivity contribution >= 4 is 58.3 Å². The topological polar surface area (TPSA) is 299 Å². The Bertz CT molecular complexity index is 1930. The van der Waals surface area contributed by atoms with Crippen LogP contribution in [0, 0.1) is 23.7 Å². The maximum Gasteiger partial charge on any atom is 0.328 e. The summed E-state index contributed by atoms with van der Waals surface area (Å²) in [6.07, 6.45) is -1.23. The van der Waals surface area contributed by atoms with E-state index >= 15 is 0 Å². The van der Waals surface area contributed by atoms with Gasteiger partial charge in [-0.3, -0.25) is 28.8 Å². The highest BCUT2D eigenvalue weighted by atomic mass is 16.5. The maximum absolute atomic E-state index is 13.4. The number of rotatable bonds is 30. The molecule has 0 aliphatic rings. The van der Waals surface area contributed by atoms with Crippen LogP contribution in [0.4, 0.5) is 0 Å². The molecule has 6 amide bonds. The SMILES string of the molecule is CC[C@@H](C)[C@H](NC(=O)[C@@H](NC(=O)CCCOc1ccc2ccc(OCCCC(=O)N[C@H](C(=O)N[C@H](C(=O)N[C@H](C(=O)OC)C(C)C)[C@H](C)CC)[C@@H](C)O)nc2c1)[C@@H](C)O)C(=O)N[C@H](C(=O)OC)C(C)C. The molecule has 0 radical (unpaired) electrons. The van der Waals surface area contributed by atoms with E-state index in [0.29, 0.717) is 24.1 Å². The summed E-state index contributed by atoms with van der Waals surface area (Å²) in [5.41, 5.74) is 0.547. The second-order valence-corrected chi connectivity index (χ2v) is 18.2. The molecule has 1 heterocycles. The third-order valence-electron chi connectivity index (χ3n) is 11.8. The van der Waals surface area contributed by atoms with Crippen LogP contribution in [0.15, 0.2) is 30.3 Å². The smallest absolute Gasteiger partial charge is 0.328 e. The molecular weight excluding hydrogens is 911 g/mol. The number of nitrogens with one attached hydrogen (secondary N) is 6. The van der Waals surface area contributed by atoms with Gasteiger partial charge in [-0.1, -0.05) is 68.2 Å². The summed E-state index contributed by atoms with van der Waals surface area (Å²) in [5, 5.41) is 37.3. The Morgan fingerprint density at radius 3 is 1.30 bits per heavy atom. The van der Waals surface area contributed by atoms with Gasteiger partial charge in [0.1, 0.15) is 42.0 Å². The first-order valence-electron chi connectivity index (χ1n) is 24.0. The minimum Gasteiger partial charge on any atom is -0.494 e. The number of esters is 2. The molecule has 21 nitrogen and oxygen atoms in total. The number of aliphatic hydroxyl groups excluding tert-OH is 2. The van der Waals surface area contributed by atoms with Crippen LogP contribution in [-0.2, 0) is 47.8 Å². The highest BCUT2D eigenvalue weighted by molar-refractivity contribution is 5.95. The lowest BCUT2D eigenvalue weighted by Crippen LogP contribution is -2.60. The van der Waals surface area contributed by atoms with Crippen LogP contribution in [0.1, 0.15) is 108 Å². The van der Waals surface area contributed by atoms with Crippen molar-refractivity contribution in [1.29, 1.82) is 0 Å². The zero-order valence-corrected chi connectivity index (χ0v) is 42.7. The largest absolute Gasteiger partial charge is 0.494 e. The van der Waals surface area contributed by atoms with E-state index in [9.17, 15) is 48.6 Å². The van der Waals surface area contributed by atoms with Crippen molar-refractivity contribution in [2.45, 2.75) is 156 Å². The molecular formula is C49H77N7O14. The van der Waals surface area contributed by atoms with Crippen LogP contribution in [-0.4, -0.2) is 138 Å². The van der Waals surface area contributed by atoms with Crippen LogP contribution >= 0.6 is 0 Å². The normalized spacial score (nSPS) is 15.6. The Morgan fingerprint density at radius 2 is 0.914 bits per heavy atom. The molecule has 2 rings (SSSR count). The van der Waals surface area contributed by atoms with Gasteiger partial charge in [-0.15, -0.1) is 0 Å². The summed E-state index contributed by atoms with van der Waals surface area (Å²) < 4.78 is 21.3. The average molecular weight is 988 g/mol. The van der Waals surface area contributed by atoms with Crippen LogP contribution in [0.5, 0.6) is 11.6 Å². The second kappa shape index (κ2) is 29.8. The fraction of sp³-hybridized carbons (Fsp3) is 0.653. The summed E-state index contributed by atoms with van der Waals surface area (Å²) in [5.74, 6) is -5.61. The van der Waals surface area contributed by atoms with E-state index in [2.05, 4.69) is 36.9 Å². The monoisotopic (exact) mass is 988 g/mol. The van der Waals surface area contributed by atoms with Gasteiger partial charge in [0.25, 0.3) is 0 Å². The second-order valence-electron chi connectivity index (χ2n) is 18.2. The molecule has 0 aliphatic heterocycles. The first-order chi connectivity index (χ1) is 33.0. The van der Waals surface area contributed by atoms with Crippen molar-refractivity contribution in [3.8, 4) is 11.6 Å². The first kappa shape index (κ1) is 60.0. The van der Waals surface area contributed by atoms with Crippen LogP contribution in [0.3, 0.4) is 0 Å². The van der Waals surface area contributed by atoms with Crippen molar-refractivity contribution in [3.05, 3.63) is 30.3 Å². The number of hydrogen-bond donors (Lipinski definition) is 8. The first-order valence-corrected chi connectivity index (χ1v) is 24.0. The number of carbonyl (C=O) groups excluding carboxylic acids is 8. The van der Waals surface area contributed by atoms with Crippen molar-refractivity contribution in [3.63, 3.8) is 0 Å². The average Bonchev–Trinajstić information content (AvgIpc) is 3.32. The van der Waals surface area contributed by atoms with Crippen molar-refractivity contribution in [1.82, 2.24) is 36.9 Å². The number of hydrogen-bond acceptors (Lipinski definition) is 15. The van der Waals surface area contributed by atoms with E-state index in [-0.39, 0.29) is 68.4 Å². The van der Waals surface area contributed by atoms with E-state index in [4.69, 9.17) is 18.9 Å². The number of fused-ring (bicyclic) bond motifs is 1. The molecule has 21 heteroatoms. The molecule has 0 saturated heterocycles. The highest BCUT2D eigenvalue weighted by Gasteiger charge is 2.36. The van der Waals surface area contributed by atoms with Gasteiger partial charge in [0.2, 0.25) is 41.3 Å². The number of aromatic nitrogens is 1. The molecule has 0 saturated carbocycles. The van der Waals surface area contributed by atoms with Crippen LogP contribution in [0.2, 0.25) is 0 Å². The molecule has 0 unspecified atom stereocenters. The number of aliphatic hydroxyl groups is 2. The molecule has 0 fully saturated rings. The van der Waals surface area contributed by atoms with Gasteiger partial charge in [0.05, 0.1) is 45.2 Å². The molecule has 1 aromatic heterocycles. The summed E-state index contributed by atoms with van der Waals surface area (Å²) in [4.78, 5) is 108. The number of methoxy groups -OCH3 is 2. The number of benzene rings is 1. The molecule has 1 aromatic carbocycles. The number of amides is 6. The number of ether oxygens (including phenoxy) is 4. The highest BCUT2D eigenvalue weighted by Crippen LogP contribution is 2.23. The number of pyridine rings is 1. The van der Waals surface area contributed by atoms with E-state index in [1.54, 1.807) is 71.9 Å². The van der Waals surface area contributed by atoms with Gasteiger partial charge in [0, 0.05) is 30.4 Å².